The molecular weight excluding hydrogens is 176 g/mol. The highest BCUT2D eigenvalue weighted by Crippen LogP contribution is 2.21. The summed E-state index contributed by atoms with van der Waals surface area (Å²) in [6.07, 6.45) is 7.32. The molecule has 0 fully saturated rings. The Hall–Kier alpha value is -1.18. The monoisotopic (exact) mass is 192 g/mol. The number of hydrogen-bond donors (Lipinski definition) is 0. The summed E-state index contributed by atoms with van der Waals surface area (Å²) >= 11 is 0. The molecule has 1 aliphatic carbocycles. The van der Waals surface area contributed by atoms with Crippen LogP contribution in [0.1, 0.15) is 39.5 Å². The van der Waals surface area contributed by atoms with E-state index in [0.717, 1.165) is 24.0 Å². The van der Waals surface area contributed by atoms with Gasteiger partial charge in [-0.2, -0.15) is 0 Å². The molecule has 0 aromatic carbocycles. The quantitative estimate of drug-likeness (QED) is 0.630. The van der Waals surface area contributed by atoms with Crippen molar-refractivity contribution in [3.05, 3.63) is 23.3 Å². The fourth-order valence-electron chi connectivity index (χ4n) is 1.77. The third-order valence-electron chi connectivity index (χ3n) is 2.50. The lowest BCUT2D eigenvalue weighted by Crippen LogP contribution is -2.09. The average Bonchev–Trinajstić information content (AvgIpc) is 2.01. The Bertz CT molecular complexity index is 278. The molecule has 0 saturated heterocycles. The molecule has 0 spiro atoms. The Labute approximate surface area is 84.7 Å². The van der Waals surface area contributed by atoms with Crippen molar-refractivity contribution in [1.29, 1.82) is 0 Å². The normalized spacial score (nSPS) is 17.6. The first kappa shape index (κ1) is 10.9. The van der Waals surface area contributed by atoms with Crippen molar-refractivity contribution >= 4 is 11.6 Å². The van der Waals surface area contributed by atoms with E-state index in [9.17, 15) is 9.59 Å². The van der Waals surface area contributed by atoms with Crippen LogP contribution in [0.3, 0.4) is 0 Å². The van der Waals surface area contributed by atoms with Gasteiger partial charge in [0.2, 0.25) is 0 Å². The minimum Gasteiger partial charge on any atom is -0.295 e. The summed E-state index contributed by atoms with van der Waals surface area (Å²) in [6, 6.07) is 0. The zero-order valence-corrected chi connectivity index (χ0v) is 8.80. The molecule has 0 aromatic rings. The maximum absolute atomic E-state index is 11.3. The maximum atomic E-state index is 11.3. The maximum Gasteiger partial charge on any atom is 0.156 e. The standard InChI is InChI=1S/C12H16O2/c1-9(13)11-7-5-3-4-6-8-12(11)10(2)14/h3-4H,5-8H2,1-2H3. The molecule has 0 amide bonds. The largest absolute Gasteiger partial charge is 0.295 e. The van der Waals surface area contributed by atoms with E-state index in [-0.39, 0.29) is 11.6 Å². The zero-order chi connectivity index (χ0) is 10.6. The van der Waals surface area contributed by atoms with Crippen molar-refractivity contribution in [3.8, 4) is 0 Å². The second-order valence-electron chi connectivity index (χ2n) is 3.62. The van der Waals surface area contributed by atoms with Crippen molar-refractivity contribution in [2.24, 2.45) is 0 Å². The molecule has 0 radical (unpaired) electrons. The van der Waals surface area contributed by atoms with Gasteiger partial charge < -0.3 is 0 Å². The van der Waals surface area contributed by atoms with Gasteiger partial charge in [-0.25, -0.2) is 0 Å². The summed E-state index contributed by atoms with van der Waals surface area (Å²) in [5.41, 5.74) is 1.48. The first-order valence-corrected chi connectivity index (χ1v) is 5.02. The number of hydrogen-bond acceptors (Lipinski definition) is 2. The zero-order valence-electron chi connectivity index (χ0n) is 8.80. The Morgan fingerprint density at radius 3 is 1.57 bits per heavy atom. The predicted molar refractivity (Wildman–Crippen MR) is 56.0 cm³/mol. The molecule has 76 valence electrons. The molecule has 2 nitrogen and oxygen atoms in total. The van der Waals surface area contributed by atoms with Gasteiger partial charge in [0.15, 0.2) is 11.6 Å². The molecule has 14 heavy (non-hydrogen) atoms. The van der Waals surface area contributed by atoms with Gasteiger partial charge in [0, 0.05) is 11.1 Å². The van der Waals surface area contributed by atoms with Gasteiger partial charge in [0.05, 0.1) is 0 Å². The second-order valence-corrected chi connectivity index (χ2v) is 3.62. The Morgan fingerprint density at radius 2 is 1.29 bits per heavy atom. The lowest BCUT2D eigenvalue weighted by atomic mass is 9.92. The van der Waals surface area contributed by atoms with E-state index < -0.39 is 0 Å². The SMILES string of the molecule is CC(=O)C1=C(C(C)=O)CCC=CCC1. The molecule has 2 heteroatoms. The summed E-state index contributed by atoms with van der Waals surface area (Å²) in [6.45, 7) is 3.09. The van der Waals surface area contributed by atoms with Gasteiger partial charge in [-0.3, -0.25) is 9.59 Å². The molecule has 0 bridgehead atoms. The van der Waals surface area contributed by atoms with Crippen LogP contribution in [-0.2, 0) is 9.59 Å². The number of carbonyl (C=O) groups is 2. The average molecular weight is 192 g/mol. The summed E-state index contributed by atoms with van der Waals surface area (Å²) in [4.78, 5) is 22.7. The van der Waals surface area contributed by atoms with Crippen molar-refractivity contribution < 1.29 is 9.59 Å². The van der Waals surface area contributed by atoms with E-state index in [2.05, 4.69) is 12.2 Å². The van der Waals surface area contributed by atoms with E-state index in [4.69, 9.17) is 0 Å². The van der Waals surface area contributed by atoms with E-state index in [1.807, 2.05) is 0 Å². The van der Waals surface area contributed by atoms with Crippen molar-refractivity contribution in [2.45, 2.75) is 39.5 Å². The first-order valence-electron chi connectivity index (χ1n) is 5.02. The van der Waals surface area contributed by atoms with Gasteiger partial charge in [0.25, 0.3) is 0 Å². The number of ketones is 2. The van der Waals surface area contributed by atoms with Gasteiger partial charge in [-0.05, 0) is 39.5 Å². The van der Waals surface area contributed by atoms with E-state index in [0.29, 0.717) is 12.8 Å². The predicted octanol–water partition coefficient (Wildman–Crippen LogP) is 2.59. The van der Waals surface area contributed by atoms with Crippen LogP contribution >= 0.6 is 0 Å². The molecule has 0 unspecified atom stereocenters. The van der Waals surface area contributed by atoms with Crippen LogP contribution in [0, 0.1) is 0 Å². The summed E-state index contributed by atoms with van der Waals surface area (Å²) in [5.74, 6) is 0.0935. The minimum absolute atomic E-state index is 0.0468. The first-order chi connectivity index (χ1) is 6.63. The summed E-state index contributed by atoms with van der Waals surface area (Å²) in [5, 5.41) is 0. The highest BCUT2D eigenvalue weighted by atomic mass is 16.1. The van der Waals surface area contributed by atoms with Crippen LogP contribution in [-0.4, -0.2) is 11.6 Å². The van der Waals surface area contributed by atoms with Gasteiger partial charge in [-0.15, -0.1) is 0 Å². The third-order valence-corrected chi connectivity index (χ3v) is 2.50. The molecule has 0 heterocycles. The fourth-order valence-corrected chi connectivity index (χ4v) is 1.77. The van der Waals surface area contributed by atoms with Crippen molar-refractivity contribution in [1.82, 2.24) is 0 Å². The molecule has 1 rings (SSSR count). The summed E-state index contributed by atoms with van der Waals surface area (Å²) < 4.78 is 0. The van der Waals surface area contributed by atoms with Crippen LogP contribution in [0.25, 0.3) is 0 Å². The molecule has 0 aliphatic heterocycles. The third kappa shape index (κ3) is 2.66. The van der Waals surface area contributed by atoms with Crippen molar-refractivity contribution in [2.75, 3.05) is 0 Å². The molecule has 0 N–H and O–H groups in total. The lowest BCUT2D eigenvalue weighted by molar-refractivity contribution is -0.116. The Kier molecular flexibility index (Phi) is 3.81. The van der Waals surface area contributed by atoms with E-state index >= 15 is 0 Å². The van der Waals surface area contributed by atoms with E-state index in [1.165, 1.54) is 0 Å². The van der Waals surface area contributed by atoms with Crippen LogP contribution < -0.4 is 0 Å². The molecule has 0 aromatic heterocycles. The smallest absolute Gasteiger partial charge is 0.156 e. The highest BCUT2D eigenvalue weighted by Gasteiger charge is 2.15. The molecular formula is C12H16O2. The molecule has 0 atom stereocenters. The second kappa shape index (κ2) is 4.89. The molecule has 1 aliphatic rings. The van der Waals surface area contributed by atoms with Gasteiger partial charge in [0.1, 0.15) is 0 Å². The lowest BCUT2D eigenvalue weighted by Gasteiger charge is -2.11. The number of rotatable bonds is 2. The highest BCUT2D eigenvalue weighted by molar-refractivity contribution is 6.04. The Morgan fingerprint density at radius 1 is 0.929 bits per heavy atom. The number of allylic oxidation sites excluding steroid dienone is 4. The number of carbonyl (C=O) groups excluding carboxylic acids is 2. The van der Waals surface area contributed by atoms with Gasteiger partial charge in [-0.1, -0.05) is 12.2 Å². The van der Waals surface area contributed by atoms with Crippen LogP contribution in [0.15, 0.2) is 23.3 Å². The van der Waals surface area contributed by atoms with Gasteiger partial charge >= 0.3 is 0 Å². The number of Topliss-reactive ketones (excluding diaryl/α,β-unsaturated/α-hetero) is 2. The molecule has 0 saturated carbocycles. The summed E-state index contributed by atoms with van der Waals surface area (Å²) in [7, 11) is 0. The van der Waals surface area contributed by atoms with E-state index in [1.54, 1.807) is 13.8 Å². The topological polar surface area (TPSA) is 34.1 Å². The van der Waals surface area contributed by atoms with Crippen molar-refractivity contribution in [3.63, 3.8) is 0 Å². The fraction of sp³-hybridized carbons (Fsp3) is 0.500. The van der Waals surface area contributed by atoms with Crippen LogP contribution in [0.4, 0.5) is 0 Å². The minimum atomic E-state index is 0.0468. The Balaban J connectivity index is 3.00. The van der Waals surface area contributed by atoms with Crippen LogP contribution in [0.2, 0.25) is 0 Å². The van der Waals surface area contributed by atoms with Crippen LogP contribution in [0.5, 0.6) is 0 Å².